The number of thiophene rings is 1. The number of nitrogens with two attached hydrogens (primary N) is 1. The fourth-order valence-electron chi connectivity index (χ4n) is 4.01. The molecule has 31 heavy (non-hydrogen) atoms. The molecule has 1 fully saturated rings. The summed E-state index contributed by atoms with van der Waals surface area (Å²) in [6, 6.07) is 11.6. The largest absolute Gasteiger partial charge is 0.383 e. The smallest absolute Gasteiger partial charge is 0.239 e. The molecule has 9 heteroatoms. The molecular formula is C22H21ClN6OS. The number of piperazine rings is 1. The van der Waals surface area contributed by atoms with Crippen LogP contribution in [0.3, 0.4) is 0 Å². The van der Waals surface area contributed by atoms with Crippen molar-refractivity contribution in [2.45, 2.75) is 26.1 Å². The Morgan fingerprint density at radius 2 is 2.03 bits per heavy atom. The maximum atomic E-state index is 13.1. The van der Waals surface area contributed by atoms with Gasteiger partial charge in [-0.15, -0.1) is 11.3 Å². The van der Waals surface area contributed by atoms with Gasteiger partial charge in [0.25, 0.3) is 0 Å². The lowest BCUT2D eigenvalue weighted by atomic mass is 10.1. The van der Waals surface area contributed by atoms with Gasteiger partial charge in [0.1, 0.15) is 22.1 Å². The molecule has 2 N–H and O–H groups in total. The average molecular weight is 453 g/mol. The molecular weight excluding hydrogens is 432 g/mol. The van der Waals surface area contributed by atoms with Crippen LogP contribution in [0.4, 0.5) is 5.82 Å². The predicted molar refractivity (Wildman–Crippen MR) is 124 cm³/mol. The van der Waals surface area contributed by atoms with E-state index in [4.69, 9.17) is 17.3 Å². The number of amides is 1. The number of hydrogen-bond acceptors (Lipinski definition) is 7. The molecule has 4 heterocycles. The number of anilines is 1. The van der Waals surface area contributed by atoms with Crippen LogP contribution < -0.4 is 5.73 Å². The Bertz CT molecular complexity index is 1290. The van der Waals surface area contributed by atoms with E-state index in [0.29, 0.717) is 24.1 Å². The van der Waals surface area contributed by atoms with E-state index in [9.17, 15) is 4.79 Å². The third kappa shape index (κ3) is 3.94. The third-order valence-corrected chi connectivity index (χ3v) is 6.98. The van der Waals surface area contributed by atoms with Gasteiger partial charge in [-0.1, -0.05) is 17.7 Å². The second-order valence-electron chi connectivity index (χ2n) is 7.76. The van der Waals surface area contributed by atoms with Gasteiger partial charge in [0.05, 0.1) is 11.6 Å². The Labute approximate surface area is 188 Å². The highest BCUT2D eigenvalue weighted by atomic mass is 35.5. The van der Waals surface area contributed by atoms with Gasteiger partial charge in [-0.3, -0.25) is 9.69 Å². The summed E-state index contributed by atoms with van der Waals surface area (Å²) in [5.74, 6) is 0.601. The van der Waals surface area contributed by atoms with Crippen LogP contribution in [0, 0.1) is 0 Å². The van der Waals surface area contributed by atoms with E-state index in [0.717, 1.165) is 39.8 Å². The first-order chi connectivity index (χ1) is 15.0. The first-order valence-corrected chi connectivity index (χ1v) is 11.2. The normalized spacial score (nSPS) is 17.7. The molecule has 4 aromatic rings. The standard InChI is InChI=1S/C22H21ClN6OS/c1-13-22(30)29(10-14-2-4-17-18(8-14)25-12-26-20(17)24)7-6-28(13)11-16-9-15-3-5-19(23)27-21(15)31-16/h2-5,8-9,12-13H,6-7,10-11H2,1H3,(H2,24,25,26)/t13-/m0/s1. The monoisotopic (exact) mass is 452 g/mol. The van der Waals surface area contributed by atoms with Crippen LogP contribution in [0.2, 0.25) is 5.15 Å². The molecule has 1 atom stereocenters. The van der Waals surface area contributed by atoms with Crippen molar-refractivity contribution in [3.8, 4) is 0 Å². The molecule has 3 aromatic heterocycles. The first kappa shape index (κ1) is 20.1. The zero-order valence-corrected chi connectivity index (χ0v) is 18.5. The summed E-state index contributed by atoms with van der Waals surface area (Å²) in [6.45, 7) is 4.76. The summed E-state index contributed by atoms with van der Waals surface area (Å²) >= 11 is 7.64. The number of fused-ring (bicyclic) bond motifs is 2. The number of aromatic nitrogens is 3. The Kier molecular flexibility index (Phi) is 5.21. The number of hydrogen-bond donors (Lipinski definition) is 1. The van der Waals surface area contributed by atoms with Crippen LogP contribution >= 0.6 is 22.9 Å². The van der Waals surface area contributed by atoms with Gasteiger partial charge in [-0.25, -0.2) is 15.0 Å². The lowest BCUT2D eigenvalue weighted by Gasteiger charge is -2.39. The number of carbonyl (C=O) groups is 1. The summed E-state index contributed by atoms with van der Waals surface area (Å²) < 4.78 is 0. The minimum Gasteiger partial charge on any atom is -0.383 e. The summed E-state index contributed by atoms with van der Waals surface area (Å²) in [4.78, 5) is 32.0. The molecule has 5 rings (SSSR count). The minimum atomic E-state index is -0.186. The molecule has 1 saturated heterocycles. The topological polar surface area (TPSA) is 88.2 Å². The third-order valence-electron chi connectivity index (χ3n) is 5.74. The second kappa shape index (κ2) is 8.03. The van der Waals surface area contributed by atoms with Gasteiger partial charge < -0.3 is 10.6 Å². The fourth-order valence-corrected chi connectivity index (χ4v) is 5.27. The number of nitrogens with zero attached hydrogens (tertiary/aromatic N) is 5. The predicted octanol–water partition coefficient (Wildman–Crippen LogP) is 3.71. The van der Waals surface area contributed by atoms with Gasteiger partial charge >= 0.3 is 0 Å². The zero-order valence-electron chi connectivity index (χ0n) is 17.0. The molecule has 0 spiro atoms. The van der Waals surface area contributed by atoms with Crippen LogP contribution in [-0.2, 0) is 17.9 Å². The summed E-state index contributed by atoms with van der Waals surface area (Å²) in [5.41, 5.74) is 7.74. The zero-order chi connectivity index (χ0) is 21.5. The van der Waals surface area contributed by atoms with Gasteiger partial charge in [0.15, 0.2) is 0 Å². The molecule has 1 amide bonds. The van der Waals surface area contributed by atoms with Gasteiger partial charge in [0, 0.05) is 41.8 Å². The highest BCUT2D eigenvalue weighted by Gasteiger charge is 2.31. The fraction of sp³-hybridized carbons (Fsp3) is 0.273. The molecule has 158 valence electrons. The summed E-state index contributed by atoms with van der Waals surface area (Å²) in [7, 11) is 0. The highest BCUT2D eigenvalue weighted by Crippen LogP contribution is 2.28. The number of benzene rings is 1. The Balaban J connectivity index is 1.28. The maximum absolute atomic E-state index is 13.1. The molecule has 0 bridgehead atoms. The van der Waals surface area contributed by atoms with Crippen molar-refractivity contribution >= 4 is 55.8 Å². The number of nitrogen functional groups attached to an aromatic ring is 1. The van der Waals surface area contributed by atoms with Crippen molar-refractivity contribution in [1.82, 2.24) is 24.8 Å². The quantitative estimate of drug-likeness (QED) is 0.475. The molecule has 1 aliphatic heterocycles. The van der Waals surface area contributed by atoms with E-state index >= 15 is 0 Å². The van der Waals surface area contributed by atoms with E-state index in [1.165, 1.54) is 11.2 Å². The number of halogens is 1. The van der Waals surface area contributed by atoms with E-state index in [2.05, 4.69) is 25.9 Å². The van der Waals surface area contributed by atoms with Crippen molar-refractivity contribution in [1.29, 1.82) is 0 Å². The van der Waals surface area contributed by atoms with E-state index in [1.807, 2.05) is 36.1 Å². The SMILES string of the molecule is C[C@H]1C(=O)N(Cc2ccc3c(N)ncnc3c2)CCN1Cc1cc2ccc(Cl)nc2s1. The minimum absolute atomic E-state index is 0.135. The van der Waals surface area contributed by atoms with E-state index < -0.39 is 0 Å². The van der Waals surface area contributed by atoms with Crippen LogP contribution in [0.25, 0.3) is 21.1 Å². The highest BCUT2D eigenvalue weighted by molar-refractivity contribution is 7.18. The summed E-state index contributed by atoms with van der Waals surface area (Å²) in [5, 5.41) is 2.42. The van der Waals surface area contributed by atoms with Crippen molar-refractivity contribution in [3.05, 3.63) is 58.3 Å². The molecule has 0 unspecified atom stereocenters. The van der Waals surface area contributed by atoms with E-state index in [-0.39, 0.29) is 11.9 Å². The average Bonchev–Trinajstić information content (AvgIpc) is 3.15. The molecule has 0 radical (unpaired) electrons. The maximum Gasteiger partial charge on any atom is 0.239 e. The van der Waals surface area contributed by atoms with Gasteiger partial charge in [-0.2, -0.15) is 0 Å². The van der Waals surface area contributed by atoms with Crippen LogP contribution in [0.15, 0.2) is 42.7 Å². The van der Waals surface area contributed by atoms with Crippen molar-refractivity contribution in [3.63, 3.8) is 0 Å². The van der Waals surface area contributed by atoms with Gasteiger partial charge in [0.2, 0.25) is 5.91 Å². The Hall–Kier alpha value is -2.81. The van der Waals surface area contributed by atoms with Crippen molar-refractivity contribution in [2.24, 2.45) is 0 Å². The van der Waals surface area contributed by atoms with Crippen molar-refractivity contribution in [2.75, 3.05) is 18.8 Å². The Morgan fingerprint density at radius 3 is 2.90 bits per heavy atom. The van der Waals surface area contributed by atoms with Crippen molar-refractivity contribution < 1.29 is 4.79 Å². The number of rotatable bonds is 4. The lowest BCUT2D eigenvalue weighted by Crippen LogP contribution is -2.54. The first-order valence-electron chi connectivity index (χ1n) is 10.0. The lowest BCUT2D eigenvalue weighted by molar-refractivity contribution is -0.142. The second-order valence-corrected chi connectivity index (χ2v) is 9.26. The molecule has 1 aliphatic rings. The molecule has 0 saturated carbocycles. The Morgan fingerprint density at radius 1 is 1.16 bits per heavy atom. The van der Waals surface area contributed by atoms with Crippen LogP contribution in [0.1, 0.15) is 17.4 Å². The summed E-state index contributed by atoms with van der Waals surface area (Å²) in [6.07, 6.45) is 1.46. The molecule has 0 aliphatic carbocycles. The van der Waals surface area contributed by atoms with E-state index in [1.54, 1.807) is 17.4 Å². The molecule has 7 nitrogen and oxygen atoms in total. The van der Waals surface area contributed by atoms with Crippen LogP contribution in [-0.4, -0.2) is 49.8 Å². The van der Waals surface area contributed by atoms with Gasteiger partial charge in [-0.05, 0) is 42.8 Å². The number of pyridine rings is 1. The van der Waals surface area contributed by atoms with Crippen LogP contribution in [0.5, 0.6) is 0 Å². The molecule has 1 aromatic carbocycles. The number of carbonyl (C=O) groups excluding carboxylic acids is 1.